The van der Waals surface area contributed by atoms with Gasteiger partial charge in [0, 0.05) is 23.8 Å². The Labute approximate surface area is 163 Å². The van der Waals surface area contributed by atoms with Gasteiger partial charge in [0.05, 0.1) is 5.92 Å². The zero-order valence-corrected chi connectivity index (χ0v) is 15.5. The van der Waals surface area contributed by atoms with Gasteiger partial charge >= 0.3 is 0 Å². The van der Waals surface area contributed by atoms with Gasteiger partial charge in [-0.1, -0.05) is 12.1 Å². The van der Waals surface area contributed by atoms with E-state index in [4.69, 9.17) is 5.73 Å². The molecule has 4 N–H and O–H groups in total. The Morgan fingerprint density at radius 1 is 1.00 bits per heavy atom. The summed E-state index contributed by atoms with van der Waals surface area (Å²) in [4.78, 5) is 24.9. The Kier molecular flexibility index (Phi) is 5.13. The van der Waals surface area contributed by atoms with E-state index < -0.39 is 0 Å². The summed E-state index contributed by atoms with van der Waals surface area (Å²) in [5.74, 6) is 0.214. The molecule has 2 aromatic carbocycles. The highest BCUT2D eigenvalue weighted by molar-refractivity contribution is 5.96. The number of hydrogen-bond donors (Lipinski definition) is 3. The van der Waals surface area contributed by atoms with Crippen LogP contribution in [0.5, 0.6) is 0 Å². The minimum absolute atomic E-state index is 0.0202. The molecule has 2 saturated carbocycles. The van der Waals surface area contributed by atoms with Crippen molar-refractivity contribution in [1.82, 2.24) is 5.32 Å². The second-order valence-electron chi connectivity index (χ2n) is 7.81. The lowest BCUT2D eigenvalue weighted by Gasteiger charge is -2.27. The van der Waals surface area contributed by atoms with Crippen LogP contribution in [0, 0.1) is 23.6 Å². The predicted molar refractivity (Wildman–Crippen MR) is 105 cm³/mol. The first kappa shape index (κ1) is 18.6. The van der Waals surface area contributed by atoms with Gasteiger partial charge in [-0.3, -0.25) is 9.59 Å². The number of carbonyl (C=O) groups is 2. The van der Waals surface area contributed by atoms with Gasteiger partial charge < -0.3 is 16.4 Å². The van der Waals surface area contributed by atoms with Crippen molar-refractivity contribution in [3.05, 3.63) is 65.5 Å². The summed E-state index contributed by atoms with van der Waals surface area (Å²) in [6, 6.07) is 12.8. The molecule has 6 heteroatoms. The van der Waals surface area contributed by atoms with E-state index in [1.807, 2.05) is 0 Å². The maximum absolute atomic E-state index is 12.9. The van der Waals surface area contributed by atoms with Crippen molar-refractivity contribution in [2.24, 2.45) is 23.5 Å². The number of nitrogens with two attached hydrogens (primary N) is 1. The zero-order valence-electron chi connectivity index (χ0n) is 15.5. The molecule has 28 heavy (non-hydrogen) atoms. The van der Waals surface area contributed by atoms with E-state index in [0.29, 0.717) is 29.6 Å². The van der Waals surface area contributed by atoms with Crippen LogP contribution in [0.4, 0.5) is 10.1 Å². The third kappa shape index (κ3) is 3.78. The molecule has 0 aliphatic heterocycles. The summed E-state index contributed by atoms with van der Waals surface area (Å²) in [5, 5.41) is 5.74. The monoisotopic (exact) mass is 381 g/mol. The molecule has 0 heterocycles. The molecule has 2 bridgehead atoms. The SMILES string of the molecule is NC1C2CCC(C2)C1C(=O)Nc1ccc(C(=O)NCc2ccc(F)cc2)cc1. The minimum Gasteiger partial charge on any atom is -0.348 e. The fourth-order valence-corrected chi connectivity index (χ4v) is 4.54. The fraction of sp³-hybridized carbons (Fsp3) is 0.364. The van der Waals surface area contributed by atoms with E-state index in [2.05, 4.69) is 10.6 Å². The molecule has 4 atom stereocenters. The fourth-order valence-electron chi connectivity index (χ4n) is 4.54. The lowest BCUT2D eigenvalue weighted by Crippen LogP contribution is -2.42. The van der Waals surface area contributed by atoms with Crippen molar-refractivity contribution in [3.63, 3.8) is 0 Å². The van der Waals surface area contributed by atoms with Crippen LogP contribution in [-0.2, 0) is 11.3 Å². The maximum atomic E-state index is 12.9. The number of amides is 2. The van der Waals surface area contributed by atoms with E-state index in [-0.39, 0.29) is 29.6 Å². The molecule has 0 aromatic heterocycles. The number of nitrogens with one attached hydrogen (secondary N) is 2. The van der Waals surface area contributed by atoms with Gasteiger partial charge in [-0.2, -0.15) is 0 Å². The topological polar surface area (TPSA) is 84.2 Å². The molecule has 4 unspecified atom stereocenters. The molecule has 0 saturated heterocycles. The summed E-state index contributed by atoms with van der Waals surface area (Å²) >= 11 is 0. The van der Waals surface area contributed by atoms with E-state index in [9.17, 15) is 14.0 Å². The standard InChI is InChI=1S/C22H24FN3O2/c23-17-7-1-13(2-8-17)12-25-21(27)14-5-9-18(10-6-14)26-22(28)19-15-3-4-16(11-15)20(19)24/h1-2,5-10,15-16,19-20H,3-4,11-12,24H2,(H,25,27)(H,26,28). The Morgan fingerprint density at radius 2 is 1.68 bits per heavy atom. The van der Waals surface area contributed by atoms with Crippen LogP contribution in [-0.4, -0.2) is 17.9 Å². The zero-order chi connectivity index (χ0) is 19.7. The van der Waals surface area contributed by atoms with Crippen molar-refractivity contribution in [2.75, 3.05) is 5.32 Å². The summed E-state index contributed by atoms with van der Waals surface area (Å²) in [7, 11) is 0. The van der Waals surface area contributed by atoms with E-state index in [1.54, 1.807) is 36.4 Å². The number of fused-ring (bicyclic) bond motifs is 2. The largest absolute Gasteiger partial charge is 0.348 e. The molecule has 2 aromatic rings. The molecular formula is C22H24FN3O2. The molecule has 5 nitrogen and oxygen atoms in total. The lowest BCUT2D eigenvalue weighted by atomic mass is 9.84. The Balaban J connectivity index is 1.32. The number of hydrogen-bond acceptors (Lipinski definition) is 3. The molecule has 2 aliphatic carbocycles. The van der Waals surface area contributed by atoms with Gasteiger partial charge in [0.25, 0.3) is 5.91 Å². The van der Waals surface area contributed by atoms with Gasteiger partial charge in [0.2, 0.25) is 5.91 Å². The van der Waals surface area contributed by atoms with Crippen LogP contribution in [0.15, 0.2) is 48.5 Å². The van der Waals surface area contributed by atoms with Crippen molar-refractivity contribution in [3.8, 4) is 0 Å². The first-order valence-electron chi connectivity index (χ1n) is 9.70. The van der Waals surface area contributed by atoms with Gasteiger partial charge in [0.1, 0.15) is 5.82 Å². The minimum atomic E-state index is -0.306. The van der Waals surface area contributed by atoms with E-state index in [0.717, 1.165) is 24.8 Å². The molecule has 0 spiro atoms. The number of anilines is 1. The highest BCUT2D eigenvalue weighted by Crippen LogP contribution is 2.47. The second kappa shape index (κ2) is 7.72. The molecule has 2 aliphatic rings. The van der Waals surface area contributed by atoms with Crippen molar-refractivity contribution >= 4 is 17.5 Å². The van der Waals surface area contributed by atoms with Gasteiger partial charge in [-0.05, 0) is 73.1 Å². The summed E-state index contributed by atoms with van der Waals surface area (Å²) in [6.45, 7) is 0.319. The average molecular weight is 381 g/mol. The normalized spacial score (nSPS) is 25.5. The Morgan fingerprint density at radius 3 is 2.32 bits per heavy atom. The molecule has 2 amide bonds. The second-order valence-corrected chi connectivity index (χ2v) is 7.81. The molecule has 2 fully saturated rings. The number of rotatable bonds is 5. The van der Waals surface area contributed by atoms with Crippen LogP contribution < -0.4 is 16.4 Å². The van der Waals surface area contributed by atoms with Crippen LogP contribution >= 0.6 is 0 Å². The van der Waals surface area contributed by atoms with Gasteiger partial charge in [-0.15, -0.1) is 0 Å². The third-order valence-electron chi connectivity index (χ3n) is 6.06. The molecule has 0 radical (unpaired) electrons. The quantitative estimate of drug-likeness (QED) is 0.744. The van der Waals surface area contributed by atoms with Crippen LogP contribution in [0.25, 0.3) is 0 Å². The Hall–Kier alpha value is -2.73. The number of halogens is 1. The Bertz CT molecular complexity index is 864. The maximum Gasteiger partial charge on any atom is 0.251 e. The smallest absolute Gasteiger partial charge is 0.251 e. The molecule has 146 valence electrons. The van der Waals surface area contributed by atoms with Crippen molar-refractivity contribution < 1.29 is 14.0 Å². The first-order valence-corrected chi connectivity index (χ1v) is 9.70. The average Bonchev–Trinajstić information content (AvgIpc) is 3.29. The van der Waals surface area contributed by atoms with Crippen molar-refractivity contribution in [2.45, 2.75) is 31.8 Å². The van der Waals surface area contributed by atoms with Gasteiger partial charge in [0.15, 0.2) is 0 Å². The summed E-state index contributed by atoms with van der Waals surface area (Å²) < 4.78 is 12.9. The highest BCUT2D eigenvalue weighted by atomic mass is 19.1. The van der Waals surface area contributed by atoms with Gasteiger partial charge in [-0.25, -0.2) is 4.39 Å². The summed E-state index contributed by atoms with van der Waals surface area (Å²) in [6.07, 6.45) is 3.29. The molecule has 4 rings (SSSR count). The van der Waals surface area contributed by atoms with Crippen LogP contribution in [0.2, 0.25) is 0 Å². The predicted octanol–water partition coefficient (Wildman–Crippen LogP) is 3.07. The van der Waals surface area contributed by atoms with Crippen LogP contribution in [0.1, 0.15) is 35.2 Å². The molecular weight excluding hydrogens is 357 g/mol. The number of benzene rings is 2. The third-order valence-corrected chi connectivity index (χ3v) is 6.06. The number of carbonyl (C=O) groups excluding carboxylic acids is 2. The summed E-state index contributed by atoms with van der Waals surface area (Å²) in [5.41, 5.74) is 8.22. The van der Waals surface area contributed by atoms with Crippen LogP contribution in [0.3, 0.4) is 0 Å². The van der Waals surface area contributed by atoms with Crippen molar-refractivity contribution in [1.29, 1.82) is 0 Å². The van der Waals surface area contributed by atoms with E-state index in [1.165, 1.54) is 12.1 Å². The van der Waals surface area contributed by atoms with E-state index >= 15 is 0 Å². The first-order chi connectivity index (χ1) is 13.5. The lowest BCUT2D eigenvalue weighted by molar-refractivity contribution is -0.121. The highest BCUT2D eigenvalue weighted by Gasteiger charge is 2.49.